The summed E-state index contributed by atoms with van der Waals surface area (Å²) in [5, 5.41) is 24.1. The van der Waals surface area contributed by atoms with E-state index < -0.39 is 54.0 Å². The minimum atomic E-state index is -4.53. The molecule has 28 heteroatoms. The van der Waals surface area contributed by atoms with Crippen LogP contribution in [0.4, 0.5) is 70.3 Å². The van der Waals surface area contributed by atoms with Gasteiger partial charge in [0.1, 0.15) is 25.4 Å². The third kappa shape index (κ3) is 12.1. The number of hydrogen-bond acceptors (Lipinski definition) is 16. The third-order valence-corrected chi connectivity index (χ3v) is 13.8. The molecular formula is C51H48Cl2F6N12O8. The van der Waals surface area contributed by atoms with Gasteiger partial charge in [0.25, 0.3) is 0 Å². The Morgan fingerprint density at radius 3 is 1.61 bits per heavy atom. The number of halogens is 8. The van der Waals surface area contributed by atoms with Gasteiger partial charge in [-0.15, -0.1) is 0 Å². The van der Waals surface area contributed by atoms with Gasteiger partial charge in [-0.1, -0.05) is 47.5 Å². The van der Waals surface area contributed by atoms with Crippen LogP contribution in [0.2, 0.25) is 10.0 Å². The first-order chi connectivity index (χ1) is 37.6. The lowest BCUT2D eigenvalue weighted by atomic mass is 10.1. The van der Waals surface area contributed by atoms with Gasteiger partial charge in [0.15, 0.2) is 17.4 Å². The Kier molecular flexibility index (Phi) is 15.3. The molecule has 79 heavy (non-hydrogen) atoms. The lowest BCUT2D eigenvalue weighted by Gasteiger charge is -2.36. The van der Waals surface area contributed by atoms with E-state index in [1.54, 1.807) is 12.1 Å². The largest absolute Gasteiger partial charge is 0.461 e. The maximum absolute atomic E-state index is 13.5. The molecule has 3 fully saturated rings. The molecule has 6 aromatic rings. The summed E-state index contributed by atoms with van der Waals surface area (Å²) >= 11 is 13.0. The number of urea groups is 2. The number of nitrogens with one attached hydrogen (secondary N) is 2. The number of aliphatic hydroxyl groups is 2. The molecule has 4 bridgehead atoms. The van der Waals surface area contributed by atoms with Crippen LogP contribution in [-0.4, -0.2) is 135 Å². The molecule has 0 saturated carbocycles. The number of alkyl halides is 6. The van der Waals surface area contributed by atoms with Crippen LogP contribution < -0.4 is 39.7 Å². The highest BCUT2D eigenvalue weighted by atomic mass is 35.5. The average Bonchev–Trinajstić information content (AvgIpc) is 4.31. The van der Waals surface area contributed by atoms with E-state index in [-0.39, 0.29) is 87.5 Å². The molecule has 20 nitrogen and oxygen atoms in total. The smallest absolute Gasteiger partial charge is 0.416 e. The summed E-state index contributed by atoms with van der Waals surface area (Å²) < 4.78 is 102. The summed E-state index contributed by atoms with van der Waals surface area (Å²) in [4.78, 5) is 59.5. The highest BCUT2D eigenvalue weighted by Crippen LogP contribution is 2.46. The Bertz CT molecular complexity index is 3240. The predicted octanol–water partition coefficient (Wildman–Crippen LogP) is 8.95. The summed E-state index contributed by atoms with van der Waals surface area (Å²) in [5.41, 5.74) is 0.851. The maximum Gasteiger partial charge on any atom is 0.416 e. The number of benzene rings is 2. The number of aromatic nitrogens is 6. The van der Waals surface area contributed by atoms with Crippen molar-refractivity contribution in [1.29, 1.82) is 0 Å². The zero-order chi connectivity index (χ0) is 56.0. The number of carbonyl (C=O) groups is 2. The first kappa shape index (κ1) is 55.0. The van der Waals surface area contributed by atoms with E-state index in [0.717, 1.165) is 24.3 Å². The highest BCUT2D eigenvalue weighted by Gasteiger charge is 2.43. The van der Waals surface area contributed by atoms with E-state index in [9.17, 15) is 41.0 Å². The van der Waals surface area contributed by atoms with Crippen LogP contribution >= 0.6 is 23.2 Å². The number of amides is 4. The van der Waals surface area contributed by atoms with Gasteiger partial charge in [-0.2, -0.15) is 26.3 Å². The summed E-state index contributed by atoms with van der Waals surface area (Å²) in [7, 11) is 0. The van der Waals surface area contributed by atoms with E-state index in [1.165, 1.54) is 58.9 Å². The molecule has 0 spiro atoms. The van der Waals surface area contributed by atoms with Crippen molar-refractivity contribution in [2.45, 2.75) is 69.1 Å². The van der Waals surface area contributed by atoms with Gasteiger partial charge in [0.2, 0.25) is 0 Å². The molecule has 4 N–H and O–H groups in total. The van der Waals surface area contributed by atoms with Crippen molar-refractivity contribution < 1.29 is 65.1 Å². The van der Waals surface area contributed by atoms with Crippen molar-refractivity contribution in [1.82, 2.24) is 29.9 Å². The summed E-state index contributed by atoms with van der Waals surface area (Å²) in [6.07, 6.45) is -3.55. The number of rotatable bonds is 11. The number of fused-ring (bicyclic) bond motifs is 8. The van der Waals surface area contributed by atoms with Crippen LogP contribution in [0.5, 0.6) is 12.0 Å². The van der Waals surface area contributed by atoms with Crippen LogP contribution in [0.15, 0.2) is 85.5 Å². The molecule has 5 aliphatic rings. The predicted molar refractivity (Wildman–Crippen MR) is 277 cm³/mol. The van der Waals surface area contributed by atoms with Gasteiger partial charge in [-0.05, 0) is 63.1 Å². The van der Waals surface area contributed by atoms with Crippen molar-refractivity contribution in [3.8, 4) is 34.5 Å². The minimum absolute atomic E-state index is 0.0488. The van der Waals surface area contributed by atoms with Gasteiger partial charge in [-0.25, -0.2) is 39.5 Å². The van der Waals surface area contributed by atoms with Gasteiger partial charge >= 0.3 is 36.4 Å². The van der Waals surface area contributed by atoms with Crippen molar-refractivity contribution >= 4 is 69.6 Å². The maximum atomic E-state index is 13.5. The van der Waals surface area contributed by atoms with Crippen molar-refractivity contribution in [2.75, 3.05) is 82.8 Å². The van der Waals surface area contributed by atoms with E-state index in [0.29, 0.717) is 68.5 Å². The molecule has 4 aromatic heterocycles. The van der Waals surface area contributed by atoms with Crippen molar-refractivity contribution in [3.05, 3.63) is 107 Å². The second kappa shape index (κ2) is 22.1. The summed E-state index contributed by atoms with van der Waals surface area (Å²) in [6, 6.07) is 11.4. The monoisotopic (exact) mass is 1140 g/mol. The number of nitrogens with zero attached hydrogens (tertiary/aromatic N) is 10. The van der Waals surface area contributed by atoms with Crippen LogP contribution in [0.1, 0.15) is 37.8 Å². The first-order valence-electron chi connectivity index (χ1n) is 24.6. The van der Waals surface area contributed by atoms with Gasteiger partial charge in [-0.3, -0.25) is 9.80 Å². The third-order valence-electron chi connectivity index (χ3n) is 13.3. The molecule has 9 heterocycles. The van der Waals surface area contributed by atoms with Crippen LogP contribution in [0.25, 0.3) is 22.5 Å². The van der Waals surface area contributed by atoms with E-state index in [2.05, 4.69) is 45.4 Å². The van der Waals surface area contributed by atoms with Crippen LogP contribution in [0, 0.1) is 0 Å². The SMILES string of the molecule is CC1(C)OC[C@H](COc2ncc(NC(=O)N3c4nc(-c5cccc(C(F)(F)F)c5)c(Cl)cc4N4CC[C@H]3C4)cn2)O1.O=C(Nc1cnc(OC[C@H](O)CO)nc1)N1c2nc(-c3cccc(C(F)(F)F)c3)c(Cl)cc2N2CC[C@H]1C2. The fourth-order valence-electron chi connectivity index (χ4n) is 9.58. The lowest BCUT2D eigenvalue weighted by molar-refractivity contribution is -0.141. The van der Waals surface area contributed by atoms with Gasteiger partial charge in [0, 0.05) is 37.3 Å². The Morgan fingerprint density at radius 2 is 1.19 bits per heavy atom. The van der Waals surface area contributed by atoms with Crippen LogP contribution in [-0.2, 0) is 21.8 Å². The first-order valence-corrected chi connectivity index (χ1v) is 25.3. The molecule has 416 valence electrons. The number of pyridine rings is 2. The molecule has 0 radical (unpaired) electrons. The molecule has 2 aromatic carbocycles. The number of hydrogen-bond donors (Lipinski definition) is 4. The van der Waals surface area contributed by atoms with E-state index in [4.69, 9.17) is 47.3 Å². The van der Waals surface area contributed by atoms with Crippen molar-refractivity contribution in [3.63, 3.8) is 0 Å². The van der Waals surface area contributed by atoms with E-state index in [1.807, 2.05) is 18.7 Å². The summed E-state index contributed by atoms with van der Waals surface area (Å²) in [6.45, 7) is 6.05. The Labute approximate surface area is 456 Å². The molecule has 5 aliphatic heterocycles. The standard InChI is InChI=1S/C27H26ClF3N6O4.C24H22ClF3N6O4/c1-26(2)40-14-19(41-26)13-39-24-32-10-17(11-33-24)34-25(38)37-18-6-7-36(12-18)21-9-20(28)22(35-23(21)37)15-4-3-5-16(8-15)27(29,30)31;25-18-7-19-21(32-20(18)13-2-1-3-14(6-13)24(26,27)28)34(16-4-5-33(19)10-16)23(37)31-15-8-29-22(30-9-15)38-12-17(36)11-35/h3-5,8-11,18-19H,6-7,12-14H2,1-2H3,(H,34,38);1-3,6-9,16-17,35-36H,4-5,10-12H2,(H,31,37)/t18-,19-;16-,17+/m00/s1. The molecule has 4 atom stereocenters. The zero-order valence-electron chi connectivity index (χ0n) is 41.8. The second-order valence-corrected chi connectivity index (χ2v) is 20.1. The Morgan fingerprint density at radius 1 is 0.734 bits per heavy atom. The molecule has 11 rings (SSSR count). The van der Waals surface area contributed by atoms with Gasteiger partial charge < -0.3 is 49.6 Å². The van der Waals surface area contributed by atoms with Gasteiger partial charge in [0.05, 0.1) is 105 Å². The number of carbonyl (C=O) groups excluding carboxylic acids is 2. The number of ether oxygens (including phenoxy) is 4. The fourth-order valence-corrected chi connectivity index (χ4v) is 10.1. The number of anilines is 6. The molecular weight excluding hydrogens is 1090 g/mol. The summed E-state index contributed by atoms with van der Waals surface area (Å²) in [5.74, 6) is -0.0666. The highest BCUT2D eigenvalue weighted by molar-refractivity contribution is 6.34. The van der Waals surface area contributed by atoms with E-state index >= 15 is 0 Å². The Hall–Kier alpha value is -7.36. The van der Waals surface area contributed by atoms with Crippen molar-refractivity contribution in [2.24, 2.45) is 0 Å². The second-order valence-electron chi connectivity index (χ2n) is 19.3. The molecule has 0 unspecified atom stereocenters. The normalized spacial score (nSPS) is 19.3. The zero-order valence-corrected chi connectivity index (χ0v) is 43.3. The molecule has 0 aliphatic carbocycles. The molecule has 3 saturated heterocycles. The molecule has 4 amide bonds. The van der Waals surface area contributed by atoms with Crippen LogP contribution in [0.3, 0.4) is 0 Å². The number of aliphatic hydroxyl groups excluding tert-OH is 2. The average molecular weight is 1140 g/mol. The fraction of sp³-hybridized carbons (Fsp3) is 0.373. The quantitative estimate of drug-likeness (QED) is 0.0888. The lowest BCUT2D eigenvalue weighted by Crippen LogP contribution is -2.48. The minimum Gasteiger partial charge on any atom is -0.461 e. The topological polar surface area (TPSA) is 226 Å². The Balaban J connectivity index is 0.000000179.